The van der Waals surface area contributed by atoms with Crippen molar-refractivity contribution in [3.8, 4) is 0 Å². The molecule has 3 saturated heterocycles. The monoisotopic (exact) mass is 622 g/mol. The zero-order chi connectivity index (χ0) is 28.5. The lowest BCUT2D eigenvalue weighted by Crippen LogP contribution is -2.60. The summed E-state index contributed by atoms with van der Waals surface area (Å²) in [6.45, 7) is 11.3. The Balaban J connectivity index is 1.80. The molecule has 2 amide bonds. The highest BCUT2D eigenvalue weighted by atomic mass is 79.9. The Kier molecular flexibility index (Phi) is 9.26. The van der Waals surface area contributed by atoms with E-state index in [1.807, 2.05) is 13.8 Å². The molecule has 1 spiro atoms. The van der Waals surface area contributed by atoms with Crippen LogP contribution in [0.25, 0.3) is 0 Å². The predicted octanol–water partition coefficient (Wildman–Crippen LogP) is 4.13. The number of amides is 2. The van der Waals surface area contributed by atoms with Crippen molar-refractivity contribution < 1.29 is 29.0 Å². The van der Waals surface area contributed by atoms with Gasteiger partial charge in [-0.2, -0.15) is 0 Å². The quantitative estimate of drug-likeness (QED) is 0.163. The molecule has 0 aliphatic carbocycles. The number of para-hydroxylation sites is 1. The minimum atomic E-state index is -1.28. The summed E-state index contributed by atoms with van der Waals surface area (Å²) in [5.74, 6) is -3.26. The summed E-state index contributed by atoms with van der Waals surface area (Å²) in [6, 6.07) is 5.21. The second-order valence-corrected chi connectivity index (χ2v) is 12.3. The number of likely N-dealkylation sites (tertiary alicyclic amines) is 1. The maximum Gasteiger partial charge on any atom is 0.312 e. The number of benzene rings is 1. The van der Waals surface area contributed by atoms with Crippen LogP contribution < -0.4 is 4.90 Å². The van der Waals surface area contributed by atoms with Gasteiger partial charge in [0.15, 0.2) is 0 Å². The summed E-state index contributed by atoms with van der Waals surface area (Å²) in [5, 5.41) is 10.8. The van der Waals surface area contributed by atoms with Crippen LogP contribution in [0.5, 0.6) is 0 Å². The van der Waals surface area contributed by atoms with E-state index in [9.17, 15) is 19.5 Å². The van der Waals surface area contributed by atoms with Crippen molar-refractivity contribution >= 4 is 51.0 Å². The van der Waals surface area contributed by atoms with Crippen molar-refractivity contribution in [1.29, 1.82) is 0 Å². The lowest BCUT2D eigenvalue weighted by Gasteiger charge is -2.40. The van der Waals surface area contributed by atoms with Crippen LogP contribution in [0.3, 0.4) is 0 Å². The van der Waals surface area contributed by atoms with Crippen molar-refractivity contribution in [3.63, 3.8) is 0 Å². The molecule has 3 aliphatic heterocycles. The van der Waals surface area contributed by atoms with E-state index in [4.69, 9.17) is 21.1 Å². The van der Waals surface area contributed by atoms with Crippen LogP contribution in [0.2, 0.25) is 5.02 Å². The smallest absolute Gasteiger partial charge is 0.312 e. The van der Waals surface area contributed by atoms with Crippen LogP contribution in [0.1, 0.15) is 33.1 Å². The van der Waals surface area contributed by atoms with Gasteiger partial charge in [0.05, 0.1) is 47.9 Å². The van der Waals surface area contributed by atoms with Crippen LogP contribution in [0.4, 0.5) is 5.69 Å². The summed E-state index contributed by atoms with van der Waals surface area (Å²) in [5.41, 5.74) is -0.802. The highest BCUT2D eigenvalue weighted by Gasteiger charge is 2.77. The van der Waals surface area contributed by atoms with Crippen LogP contribution in [0.15, 0.2) is 49.6 Å². The third kappa shape index (κ3) is 5.07. The SMILES string of the molecule is C=CCCCOC(=O)[C@H]1[C@@H]2OC3(CC2Br)C(C(=O)N(CC=C)c2ccccc2Cl)N([C@@H](CO)C(C)C)C(=O)[C@H]13. The van der Waals surface area contributed by atoms with Gasteiger partial charge in [0.1, 0.15) is 11.6 Å². The van der Waals surface area contributed by atoms with Gasteiger partial charge in [0, 0.05) is 11.4 Å². The van der Waals surface area contributed by atoms with E-state index in [0.717, 1.165) is 0 Å². The first-order valence-corrected chi connectivity index (χ1v) is 14.6. The third-order valence-electron chi connectivity index (χ3n) is 8.06. The van der Waals surface area contributed by atoms with E-state index in [0.29, 0.717) is 30.0 Å². The molecule has 7 atom stereocenters. The Labute approximate surface area is 243 Å². The lowest BCUT2D eigenvalue weighted by atomic mass is 9.70. The van der Waals surface area contributed by atoms with Gasteiger partial charge in [0.25, 0.3) is 5.91 Å². The van der Waals surface area contributed by atoms with Gasteiger partial charge in [-0.1, -0.05) is 65.7 Å². The fourth-order valence-corrected chi connectivity index (χ4v) is 7.53. The Bertz CT molecular complexity index is 1130. The fraction of sp³-hybridized carbons (Fsp3) is 0.552. The standard InChI is InChI=1S/C29H36BrClN2O6/c1-5-7-10-14-38-28(37)22-23-26(35)33(21(16-34)17(3)4)25(29(23)15-18(30)24(22)39-29)27(36)32(13-6-2)20-12-9-8-11-19(20)31/h5-6,8-9,11-12,17-18,21-25,34H,1-2,7,10,13-16H2,3-4H3/t18?,21-,22+,23-,24+,25?,29?/m0/s1. The van der Waals surface area contributed by atoms with Crippen molar-refractivity contribution in [1.82, 2.24) is 4.90 Å². The first kappa shape index (κ1) is 29.8. The number of unbranched alkanes of at least 4 members (excludes halogenated alkanes) is 1. The molecule has 212 valence electrons. The molecule has 1 aromatic carbocycles. The van der Waals surface area contributed by atoms with E-state index in [2.05, 4.69) is 29.1 Å². The van der Waals surface area contributed by atoms with Gasteiger partial charge in [-0.3, -0.25) is 14.4 Å². The highest BCUT2D eigenvalue weighted by molar-refractivity contribution is 9.09. The van der Waals surface area contributed by atoms with E-state index in [-0.39, 0.29) is 36.4 Å². The van der Waals surface area contributed by atoms with Crippen LogP contribution in [-0.4, -0.2) is 76.2 Å². The van der Waals surface area contributed by atoms with Gasteiger partial charge in [-0.05, 0) is 37.3 Å². The molecule has 39 heavy (non-hydrogen) atoms. The van der Waals surface area contributed by atoms with Crippen LogP contribution in [0, 0.1) is 17.8 Å². The number of nitrogens with zero attached hydrogens (tertiary/aromatic N) is 2. The molecule has 3 aliphatic rings. The molecule has 3 fully saturated rings. The first-order valence-electron chi connectivity index (χ1n) is 13.3. The zero-order valence-corrected chi connectivity index (χ0v) is 24.6. The summed E-state index contributed by atoms with van der Waals surface area (Å²) in [6.07, 6.45) is 4.39. The van der Waals surface area contributed by atoms with Crippen LogP contribution >= 0.6 is 27.5 Å². The lowest BCUT2D eigenvalue weighted by molar-refractivity contribution is -0.156. The van der Waals surface area contributed by atoms with Gasteiger partial charge in [-0.25, -0.2) is 0 Å². The van der Waals surface area contributed by atoms with Gasteiger partial charge < -0.3 is 24.4 Å². The molecule has 1 aromatic rings. The second kappa shape index (κ2) is 12.1. The Morgan fingerprint density at radius 3 is 2.67 bits per heavy atom. The average molecular weight is 624 g/mol. The zero-order valence-electron chi connectivity index (χ0n) is 22.3. The molecule has 0 aromatic heterocycles. The molecular weight excluding hydrogens is 588 g/mol. The number of hydrogen-bond donors (Lipinski definition) is 1. The predicted molar refractivity (Wildman–Crippen MR) is 153 cm³/mol. The molecule has 3 unspecified atom stereocenters. The Morgan fingerprint density at radius 2 is 2.05 bits per heavy atom. The van der Waals surface area contributed by atoms with Crippen LogP contribution in [-0.2, 0) is 23.9 Å². The molecular formula is C29H36BrClN2O6. The Hall–Kier alpha value is -2.20. The summed E-state index contributed by atoms with van der Waals surface area (Å²) in [4.78, 5) is 44.9. The van der Waals surface area contributed by atoms with E-state index < -0.39 is 47.5 Å². The van der Waals surface area contributed by atoms with Gasteiger partial charge in [0.2, 0.25) is 5.91 Å². The molecule has 10 heteroatoms. The minimum Gasteiger partial charge on any atom is -0.465 e. The fourth-order valence-electron chi connectivity index (χ4n) is 6.34. The second-order valence-electron chi connectivity index (χ2n) is 10.7. The number of hydrogen-bond acceptors (Lipinski definition) is 6. The maximum atomic E-state index is 14.6. The van der Waals surface area contributed by atoms with Gasteiger partial charge in [-0.15, -0.1) is 13.2 Å². The van der Waals surface area contributed by atoms with Crippen molar-refractivity contribution in [2.75, 3.05) is 24.7 Å². The van der Waals surface area contributed by atoms with E-state index in [1.54, 1.807) is 36.4 Å². The molecule has 2 bridgehead atoms. The number of fused-ring (bicyclic) bond motifs is 1. The molecule has 8 nitrogen and oxygen atoms in total. The number of carbonyl (C=O) groups is 3. The number of rotatable bonds is 12. The number of alkyl halides is 1. The van der Waals surface area contributed by atoms with Gasteiger partial charge >= 0.3 is 5.97 Å². The van der Waals surface area contributed by atoms with Crippen molar-refractivity contribution in [2.45, 2.75) is 61.7 Å². The number of aliphatic hydroxyl groups excluding tert-OH is 1. The minimum absolute atomic E-state index is 0.142. The summed E-state index contributed by atoms with van der Waals surface area (Å²) in [7, 11) is 0. The number of halogens is 2. The number of carbonyl (C=O) groups excluding carboxylic acids is 3. The van der Waals surface area contributed by atoms with Crippen molar-refractivity contribution in [3.05, 3.63) is 54.6 Å². The molecule has 0 radical (unpaired) electrons. The molecule has 4 rings (SSSR count). The molecule has 1 N–H and O–H groups in total. The first-order chi connectivity index (χ1) is 18.6. The molecule has 3 heterocycles. The third-order valence-corrected chi connectivity index (χ3v) is 9.23. The highest BCUT2D eigenvalue weighted by Crippen LogP contribution is 2.61. The number of ether oxygens (including phenoxy) is 2. The number of esters is 1. The largest absolute Gasteiger partial charge is 0.465 e. The Morgan fingerprint density at radius 1 is 1.33 bits per heavy atom. The maximum absolute atomic E-state index is 14.6. The van der Waals surface area contributed by atoms with Crippen molar-refractivity contribution in [2.24, 2.45) is 17.8 Å². The topological polar surface area (TPSA) is 96.4 Å². The molecule has 0 saturated carbocycles. The van der Waals surface area contributed by atoms with E-state index in [1.165, 1.54) is 9.80 Å². The normalized spacial score (nSPS) is 29.8. The average Bonchev–Trinajstić information content (AvgIpc) is 3.49. The number of allylic oxidation sites excluding steroid dienone is 1. The summed E-state index contributed by atoms with van der Waals surface area (Å²) < 4.78 is 12.1. The summed E-state index contributed by atoms with van der Waals surface area (Å²) >= 11 is 10.2. The van der Waals surface area contributed by atoms with E-state index >= 15 is 0 Å². The number of aliphatic hydroxyl groups is 1. The number of anilines is 1.